The number of rotatable bonds is 9. The molecular weight excluding hydrogens is 402 g/mol. The molecule has 10 nitrogen and oxygen atoms in total. The SMILES string of the molecule is CCc1nc(C)oc1C(=O)Nc1nc2cc(C(N)=O)cc(OCCCO)c2n1C(C)C. The summed E-state index contributed by atoms with van der Waals surface area (Å²) < 4.78 is 13.1. The van der Waals surface area contributed by atoms with Crippen molar-refractivity contribution in [3.63, 3.8) is 0 Å². The van der Waals surface area contributed by atoms with Crippen molar-refractivity contribution in [2.45, 2.75) is 46.6 Å². The molecule has 3 rings (SSSR count). The molecule has 2 amide bonds. The highest BCUT2D eigenvalue weighted by molar-refractivity contribution is 6.04. The zero-order chi connectivity index (χ0) is 22.7. The molecule has 0 aliphatic heterocycles. The lowest BCUT2D eigenvalue weighted by Crippen LogP contribution is -2.18. The molecule has 2 aromatic heterocycles. The van der Waals surface area contributed by atoms with Crippen LogP contribution in [0.1, 0.15) is 65.7 Å². The van der Waals surface area contributed by atoms with E-state index in [1.165, 1.54) is 0 Å². The zero-order valence-electron chi connectivity index (χ0n) is 18.1. The first-order chi connectivity index (χ1) is 14.8. The molecule has 0 spiro atoms. The number of carbonyl (C=O) groups is 2. The number of primary amides is 1. The van der Waals surface area contributed by atoms with Gasteiger partial charge in [-0.2, -0.15) is 0 Å². The second-order valence-electron chi connectivity index (χ2n) is 7.35. The Bertz CT molecular complexity index is 1120. The van der Waals surface area contributed by atoms with Crippen molar-refractivity contribution in [2.24, 2.45) is 5.73 Å². The van der Waals surface area contributed by atoms with E-state index in [1.807, 2.05) is 20.8 Å². The number of amides is 2. The number of ether oxygens (including phenoxy) is 1. The third kappa shape index (κ3) is 4.53. The average molecular weight is 429 g/mol. The third-order valence-corrected chi connectivity index (χ3v) is 4.68. The van der Waals surface area contributed by atoms with Gasteiger partial charge in [-0.1, -0.05) is 6.92 Å². The van der Waals surface area contributed by atoms with Gasteiger partial charge < -0.3 is 24.6 Å². The first-order valence-corrected chi connectivity index (χ1v) is 10.1. The number of carbonyl (C=O) groups excluding carboxylic acids is 2. The highest BCUT2D eigenvalue weighted by Gasteiger charge is 2.24. The number of nitrogens with two attached hydrogens (primary N) is 1. The summed E-state index contributed by atoms with van der Waals surface area (Å²) in [5.74, 6) is 0.131. The van der Waals surface area contributed by atoms with Crippen molar-refractivity contribution >= 4 is 28.8 Å². The van der Waals surface area contributed by atoms with Gasteiger partial charge in [0.25, 0.3) is 5.91 Å². The van der Waals surface area contributed by atoms with Crippen LogP contribution in [0.3, 0.4) is 0 Å². The average Bonchev–Trinajstić information content (AvgIpc) is 3.27. The molecule has 0 aliphatic carbocycles. The summed E-state index contributed by atoms with van der Waals surface area (Å²) in [5.41, 5.74) is 7.32. The lowest BCUT2D eigenvalue weighted by molar-refractivity contribution is 0.0988. The smallest absolute Gasteiger partial charge is 0.295 e. The molecule has 0 atom stereocenters. The van der Waals surface area contributed by atoms with E-state index in [0.29, 0.717) is 41.2 Å². The van der Waals surface area contributed by atoms with E-state index in [0.717, 1.165) is 0 Å². The maximum Gasteiger partial charge on any atom is 0.295 e. The van der Waals surface area contributed by atoms with Gasteiger partial charge in [0.15, 0.2) is 5.89 Å². The Labute approximate surface area is 179 Å². The zero-order valence-corrected chi connectivity index (χ0v) is 18.1. The number of fused-ring (bicyclic) bond motifs is 1. The summed E-state index contributed by atoms with van der Waals surface area (Å²) in [5, 5.41) is 11.9. The van der Waals surface area contributed by atoms with Crippen LogP contribution in [-0.4, -0.2) is 44.7 Å². The molecule has 2 heterocycles. The minimum Gasteiger partial charge on any atom is -0.491 e. The molecule has 0 bridgehead atoms. The Morgan fingerprint density at radius 1 is 1.32 bits per heavy atom. The number of hydrogen-bond acceptors (Lipinski definition) is 7. The summed E-state index contributed by atoms with van der Waals surface area (Å²) >= 11 is 0. The Morgan fingerprint density at radius 3 is 2.68 bits per heavy atom. The molecule has 0 aliphatic rings. The van der Waals surface area contributed by atoms with Gasteiger partial charge >= 0.3 is 0 Å². The van der Waals surface area contributed by atoms with E-state index in [4.69, 9.17) is 20.0 Å². The molecule has 31 heavy (non-hydrogen) atoms. The molecule has 166 valence electrons. The second-order valence-corrected chi connectivity index (χ2v) is 7.35. The Kier molecular flexibility index (Phi) is 6.59. The van der Waals surface area contributed by atoms with E-state index >= 15 is 0 Å². The van der Waals surface area contributed by atoms with Crippen molar-refractivity contribution in [1.82, 2.24) is 14.5 Å². The third-order valence-electron chi connectivity index (χ3n) is 4.68. The lowest BCUT2D eigenvalue weighted by Gasteiger charge is -2.16. The van der Waals surface area contributed by atoms with Crippen LogP contribution in [0.15, 0.2) is 16.5 Å². The maximum absolute atomic E-state index is 12.9. The lowest BCUT2D eigenvalue weighted by atomic mass is 10.1. The first-order valence-electron chi connectivity index (χ1n) is 10.1. The Balaban J connectivity index is 2.10. The van der Waals surface area contributed by atoms with Gasteiger partial charge in [-0.05, 0) is 32.4 Å². The van der Waals surface area contributed by atoms with Crippen molar-refractivity contribution in [3.8, 4) is 5.75 Å². The van der Waals surface area contributed by atoms with Gasteiger partial charge in [0.1, 0.15) is 11.3 Å². The molecule has 0 radical (unpaired) electrons. The number of oxazole rings is 1. The molecule has 1 aromatic carbocycles. The Morgan fingerprint density at radius 2 is 2.06 bits per heavy atom. The van der Waals surface area contributed by atoms with Crippen LogP contribution in [-0.2, 0) is 6.42 Å². The number of nitrogens with one attached hydrogen (secondary N) is 1. The quantitative estimate of drug-likeness (QED) is 0.443. The van der Waals surface area contributed by atoms with Crippen molar-refractivity contribution in [2.75, 3.05) is 18.5 Å². The summed E-state index contributed by atoms with van der Waals surface area (Å²) in [6.45, 7) is 7.66. The molecule has 0 saturated heterocycles. The molecule has 0 fully saturated rings. The number of aryl methyl sites for hydroxylation is 2. The molecular formula is C21H27N5O5. The normalized spacial score (nSPS) is 11.3. The molecule has 0 saturated carbocycles. The minimum absolute atomic E-state index is 0.0280. The molecule has 4 N–H and O–H groups in total. The van der Waals surface area contributed by atoms with Crippen molar-refractivity contribution in [1.29, 1.82) is 0 Å². The minimum atomic E-state index is -0.622. The number of nitrogens with zero attached hydrogens (tertiary/aromatic N) is 3. The highest BCUT2D eigenvalue weighted by Crippen LogP contribution is 2.33. The van der Waals surface area contributed by atoms with Gasteiger partial charge in [-0.15, -0.1) is 0 Å². The number of aromatic nitrogens is 3. The van der Waals surface area contributed by atoms with Crippen LogP contribution in [0.2, 0.25) is 0 Å². The number of benzene rings is 1. The van der Waals surface area contributed by atoms with Gasteiger partial charge in [0, 0.05) is 31.6 Å². The van der Waals surface area contributed by atoms with Crippen LogP contribution >= 0.6 is 0 Å². The monoisotopic (exact) mass is 429 g/mol. The van der Waals surface area contributed by atoms with Gasteiger partial charge in [0.05, 0.1) is 17.8 Å². The number of anilines is 1. The van der Waals surface area contributed by atoms with Crippen LogP contribution in [0.5, 0.6) is 5.75 Å². The largest absolute Gasteiger partial charge is 0.491 e. The van der Waals surface area contributed by atoms with E-state index in [2.05, 4.69) is 15.3 Å². The topological polar surface area (TPSA) is 146 Å². The summed E-state index contributed by atoms with van der Waals surface area (Å²) in [6.07, 6.45) is 0.970. The van der Waals surface area contributed by atoms with Gasteiger partial charge in [0.2, 0.25) is 17.6 Å². The van der Waals surface area contributed by atoms with E-state index in [9.17, 15) is 9.59 Å². The summed E-state index contributed by atoms with van der Waals surface area (Å²) in [4.78, 5) is 33.4. The number of imidazole rings is 1. The fraction of sp³-hybridized carbons (Fsp3) is 0.429. The highest BCUT2D eigenvalue weighted by atomic mass is 16.5. The fourth-order valence-corrected chi connectivity index (χ4v) is 3.33. The fourth-order valence-electron chi connectivity index (χ4n) is 3.33. The first kappa shape index (κ1) is 22.3. The van der Waals surface area contributed by atoms with Crippen LogP contribution in [0.25, 0.3) is 11.0 Å². The summed E-state index contributed by atoms with van der Waals surface area (Å²) in [7, 11) is 0. The summed E-state index contributed by atoms with van der Waals surface area (Å²) in [6, 6.07) is 3.01. The van der Waals surface area contributed by atoms with Crippen LogP contribution < -0.4 is 15.8 Å². The molecule has 0 unspecified atom stereocenters. The second kappa shape index (κ2) is 9.17. The van der Waals surface area contributed by atoms with Crippen molar-refractivity contribution in [3.05, 3.63) is 35.0 Å². The van der Waals surface area contributed by atoms with E-state index < -0.39 is 11.8 Å². The number of aliphatic hydroxyl groups excluding tert-OH is 1. The van der Waals surface area contributed by atoms with Crippen LogP contribution in [0, 0.1) is 6.92 Å². The van der Waals surface area contributed by atoms with E-state index in [-0.39, 0.29) is 36.5 Å². The van der Waals surface area contributed by atoms with E-state index in [1.54, 1.807) is 23.6 Å². The number of hydrogen-bond donors (Lipinski definition) is 3. The standard InChI is InChI=1S/C21H27N5O5/c1-5-14-18(31-12(4)23-14)20(29)25-21-24-15-9-13(19(22)28)10-16(30-8-6-7-27)17(15)26(21)11(2)3/h9-11,27H,5-8H2,1-4H3,(H2,22,28)(H,24,25,29). The van der Waals surface area contributed by atoms with Crippen LogP contribution in [0.4, 0.5) is 5.95 Å². The molecule has 10 heteroatoms. The van der Waals surface area contributed by atoms with Gasteiger partial charge in [-0.25, -0.2) is 9.97 Å². The van der Waals surface area contributed by atoms with Crippen molar-refractivity contribution < 1.29 is 23.8 Å². The van der Waals surface area contributed by atoms with Gasteiger partial charge in [-0.3, -0.25) is 14.9 Å². The predicted molar refractivity (Wildman–Crippen MR) is 114 cm³/mol. The predicted octanol–water partition coefficient (Wildman–Crippen LogP) is 2.59. The molecule has 3 aromatic rings. The Hall–Kier alpha value is -3.40. The number of aliphatic hydroxyl groups is 1. The maximum atomic E-state index is 12.9.